The molecule has 0 aromatic heterocycles. The van der Waals surface area contributed by atoms with Gasteiger partial charge in [-0.2, -0.15) is 0 Å². The zero-order valence-electron chi connectivity index (χ0n) is 18.0. The fraction of sp³-hybridized carbons (Fsp3) is 0.261. The van der Waals surface area contributed by atoms with Gasteiger partial charge in [0.05, 0.1) is 23.1 Å². The maximum Gasteiger partial charge on any atom is 0.704 e. The van der Waals surface area contributed by atoms with Crippen molar-refractivity contribution < 1.29 is 37.8 Å². The van der Waals surface area contributed by atoms with Gasteiger partial charge in [-0.25, -0.2) is 4.79 Å². The monoisotopic (exact) mass is 497 g/mol. The third-order valence-electron chi connectivity index (χ3n) is 6.00. The van der Waals surface area contributed by atoms with Gasteiger partial charge in [-0.15, -0.1) is 5.06 Å². The predicted octanol–water partition coefficient (Wildman–Crippen LogP) is 1.87. The SMILES string of the molecule is CSSC1CC(=O)N(OC(=O)c2ccc3c(c2)C=[N+]2CC[N+]4=Cc5ccccc5O[C@@]42O3)C1=O. The molecule has 2 saturated heterocycles. The number of hydroxylamine groups is 2. The van der Waals surface area contributed by atoms with Gasteiger partial charge in [-0.05, 0) is 36.6 Å². The fourth-order valence-electron chi connectivity index (χ4n) is 4.39. The van der Waals surface area contributed by atoms with E-state index in [2.05, 4.69) is 0 Å². The molecule has 9 nitrogen and oxygen atoms in total. The minimum absolute atomic E-state index is 0.0110. The highest BCUT2D eigenvalue weighted by molar-refractivity contribution is 8.76. The van der Waals surface area contributed by atoms with E-state index >= 15 is 0 Å². The van der Waals surface area contributed by atoms with Crippen LogP contribution in [0.1, 0.15) is 27.9 Å². The molecule has 0 aliphatic carbocycles. The van der Waals surface area contributed by atoms with Gasteiger partial charge in [0.15, 0.2) is 23.9 Å². The van der Waals surface area contributed by atoms with Crippen LogP contribution in [0.15, 0.2) is 42.5 Å². The third-order valence-corrected chi connectivity index (χ3v) is 8.06. The summed E-state index contributed by atoms with van der Waals surface area (Å²) in [6.07, 6.45) is 5.74. The van der Waals surface area contributed by atoms with Crippen molar-refractivity contribution >= 4 is 51.8 Å². The van der Waals surface area contributed by atoms with Crippen LogP contribution in [0, 0.1) is 0 Å². The Bertz CT molecular complexity index is 1330. The number of ether oxygens (including phenoxy) is 2. The number of fused-ring (bicyclic) bond motifs is 2. The molecule has 4 heterocycles. The van der Waals surface area contributed by atoms with Gasteiger partial charge in [-0.3, -0.25) is 9.59 Å². The summed E-state index contributed by atoms with van der Waals surface area (Å²) in [5.74, 6) is -0.566. The normalized spacial score (nSPS) is 24.1. The Hall–Kier alpha value is -3.31. The topological polar surface area (TPSA) is 88.2 Å². The predicted molar refractivity (Wildman–Crippen MR) is 124 cm³/mol. The molecule has 0 radical (unpaired) electrons. The Morgan fingerprint density at radius 3 is 2.53 bits per heavy atom. The van der Waals surface area contributed by atoms with E-state index in [0.717, 1.165) is 11.3 Å². The van der Waals surface area contributed by atoms with Crippen LogP contribution in [0.3, 0.4) is 0 Å². The van der Waals surface area contributed by atoms with Crippen molar-refractivity contribution in [2.75, 3.05) is 19.3 Å². The number of nitrogens with zero attached hydrogens (tertiary/aromatic N) is 3. The number of hydrogen-bond donors (Lipinski definition) is 0. The van der Waals surface area contributed by atoms with Crippen molar-refractivity contribution in [2.45, 2.75) is 17.7 Å². The highest BCUT2D eigenvalue weighted by atomic mass is 33.1. The van der Waals surface area contributed by atoms with Crippen LogP contribution in [-0.2, 0) is 14.4 Å². The molecule has 4 aliphatic rings. The Kier molecular flexibility index (Phi) is 4.92. The van der Waals surface area contributed by atoms with E-state index in [4.69, 9.17) is 14.3 Å². The first kappa shape index (κ1) is 21.2. The second-order valence-electron chi connectivity index (χ2n) is 8.05. The lowest BCUT2D eigenvalue weighted by Gasteiger charge is -2.26. The molecule has 2 fully saturated rings. The highest BCUT2D eigenvalue weighted by Crippen LogP contribution is 2.37. The molecule has 6 rings (SSSR count). The summed E-state index contributed by atoms with van der Waals surface area (Å²) in [4.78, 5) is 42.5. The van der Waals surface area contributed by atoms with E-state index in [1.54, 1.807) is 18.2 Å². The van der Waals surface area contributed by atoms with Crippen LogP contribution in [0.5, 0.6) is 11.5 Å². The van der Waals surface area contributed by atoms with Crippen molar-refractivity contribution in [2.24, 2.45) is 0 Å². The average molecular weight is 498 g/mol. The van der Waals surface area contributed by atoms with Crippen LogP contribution in [-0.4, -0.2) is 75.1 Å². The number of para-hydroxylation sites is 1. The van der Waals surface area contributed by atoms with Gasteiger partial charge in [0.1, 0.15) is 5.25 Å². The second-order valence-corrected chi connectivity index (χ2v) is 10.7. The summed E-state index contributed by atoms with van der Waals surface area (Å²) in [5.41, 5.74) is 1.85. The number of amides is 2. The van der Waals surface area contributed by atoms with Gasteiger partial charge < -0.3 is 14.3 Å². The molecule has 2 aromatic carbocycles. The zero-order chi connectivity index (χ0) is 23.4. The summed E-state index contributed by atoms with van der Waals surface area (Å²) in [7, 11) is 2.66. The number of benzene rings is 2. The molecule has 4 aliphatic heterocycles. The number of carbonyl (C=O) groups is 3. The van der Waals surface area contributed by atoms with Crippen LogP contribution in [0.25, 0.3) is 0 Å². The molecule has 2 atom stereocenters. The van der Waals surface area contributed by atoms with Crippen molar-refractivity contribution in [1.29, 1.82) is 0 Å². The summed E-state index contributed by atoms with van der Waals surface area (Å²) in [5, 5.41) is 0.0270. The van der Waals surface area contributed by atoms with Gasteiger partial charge in [-0.1, -0.05) is 42.9 Å². The second kappa shape index (κ2) is 7.88. The molecule has 34 heavy (non-hydrogen) atoms. The number of imide groups is 1. The minimum atomic E-state index is -1.12. The van der Waals surface area contributed by atoms with E-state index < -0.39 is 29.1 Å². The van der Waals surface area contributed by atoms with E-state index in [-0.39, 0.29) is 12.0 Å². The Balaban J connectivity index is 1.26. The smallest absolute Gasteiger partial charge is 0.341 e. The van der Waals surface area contributed by atoms with Crippen LogP contribution in [0.2, 0.25) is 0 Å². The van der Waals surface area contributed by atoms with E-state index in [9.17, 15) is 14.4 Å². The first-order chi connectivity index (χ1) is 16.5. The van der Waals surface area contributed by atoms with Crippen molar-refractivity contribution in [3.05, 3.63) is 59.2 Å². The molecule has 0 saturated carbocycles. The van der Waals surface area contributed by atoms with Gasteiger partial charge in [0.2, 0.25) is 13.1 Å². The first-order valence-corrected chi connectivity index (χ1v) is 13.2. The molecule has 0 bridgehead atoms. The highest BCUT2D eigenvalue weighted by Gasteiger charge is 2.68. The average Bonchev–Trinajstić information content (AvgIpc) is 3.32. The van der Waals surface area contributed by atoms with Crippen molar-refractivity contribution in [3.63, 3.8) is 0 Å². The van der Waals surface area contributed by atoms with Gasteiger partial charge in [0.25, 0.3) is 11.8 Å². The van der Waals surface area contributed by atoms with Crippen LogP contribution in [0.4, 0.5) is 0 Å². The fourth-order valence-corrected chi connectivity index (χ4v) is 6.16. The number of hydrogen-bond acceptors (Lipinski definition) is 8. The molecule has 2 amide bonds. The molecule has 1 spiro atoms. The lowest BCUT2D eigenvalue weighted by Crippen LogP contribution is -2.59. The van der Waals surface area contributed by atoms with Crippen molar-refractivity contribution in [3.8, 4) is 11.5 Å². The molecular formula is C23H19N3O6S2+2. The summed E-state index contributed by atoms with van der Waals surface area (Å²) < 4.78 is 16.6. The molecule has 0 N–H and O–H groups in total. The lowest BCUT2D eigenvalue weighted by molar-refractivity contribution is -0.855. The standard InChI is InChI=1S/C23H19N3O6S2/c1-33-34-19-11-20(27)26(21(19)28)32-22(29)14-6-7-18-16(10-14)13-25-9-8-24-12-15-4-2-3-5-17(15)30-23(24,25)31-18/h2-7,10,12-13,19H,8-9,11H2,1H3/q+2/t19?,23-/m1/s1. The maximum absolute atomic E-state index is 12.7. The summed E-state index contributed by atoms with van der Waals surface area (Å²) >= 11 is 0. The van der Waals surface area contributed by atoms with Gasteiger partial charge in [0, 0.05) is 0 Å². The largest absolute Gasteiger partial charge is 0.704 e. The molecule has 172 valence electrons. The minimum Gasteiger partial charge on any atom is -0.341 e. The third kappa shape index (κ3) is 3.22. The molecule has 2 aromatic rings. The maximum atomic E-state index is 12.7. The van der Waals surface area contributed by atoms with Crippen LogP contribution >= 0.6 is 21.6 Å². The van der Waals surface area contributed by atoms with Crippen LogP contribution < -0.4 is 9.47 Å². The molecule has 1 unspecified atom stereocenters. The number of carbonyl (C=O) groups excluding carboxylic acids is 3. The zero-order valence-corrected chi connectivity index (χ0v) is 19.6. The first-order valence-electron chi connectivity index (χ1n) is 10.6. The molecule has 11 heteroatoms. The van der Waals surface area contributed by atoms with Crippen molar-refractivity contribution in [1.82, 2.24) is 5.06 Å². The molecular weight excluding hydrogens is 478 g/mol. The lowest BCUT2D eigenvalue weighted by atomic mass is 10.1. The van der Waals surface area contributed by atoms with Gasteiger partial charge >= 0.3 is 12.0 Å². The summed E-state index contributed by atoms with van der Waals surface area (Å²) in [6.45, 7) is 1.35. The summed E-state index contributed by atoms with van der Waals surface area (Å²) in [6, 6.07) is 11.5. The number of rotatable bonds is 4. The Morgan fingerprint density at radius 2 is 1.76 bits per heavy atom. The van der Waals surface area contributed by atoms with E-state index in [1.165, 1.54) is 21.6 Å². The Morgan fingerprint density at radius 1 is 1.06 bits per heavy atom. The van der Waals surface area contributed by atoms with E-state index in [0.29, 0.717) is 29.5 Å². The van der Waals surface area contributed by atoms with E-state index in [1.807, 2.05) is 52.1 Å². The Labute approximate surface area is 202 Å². The quantitative estimate of drug-likeness (QED) is 0.360.